The predicted molar refractivity (Wildman–Crippen MR) is 80.5 cm³/mol. The zero-order valence-electron chi connectivity index (χ0n) is 11.8. The van der Waals surface area contributed by atoms with E-state index < -0.39 is 18.2 Å². The highest BCUT2D eigenvalue weighted by Crippen LogP contribution is 2.32. The summed E-state index contributed by atoms with van der Waals surface area (Å²) in [6.45, 7) is 2.06. The number of carboxylic acids is 1. The van der Waals surface area contributed by atoms with Crippen LogP contribution in [0.25, 0.3) is 0 Å². The molecule has 1 heterocycles. The van der Waals surface area contributed by atoms with Crippen LogP contribution in [0.1, 0.15) is 6.92 Å². The van der Waals surface area contributed by atoms with Crippen LogP contribution < -0.4 is 4.74 Å². The second-order valence-corrected chi connectivity index (χ2v) is 5.58. The number of hydrogen-bond acceptors (Lipinski definition) is 4. The highest BCUT2D eigenvalue weighted by molar-refractivity contribution is 6.42. The van der Waals surface area contributed by atoms with Crippen LogP contribution in [0.15, 0.2) is 18.2 Å². The normalized spacial score (nSPS) is 19.6. The van der Waals surface area contributed by atoms with Crippen molar-refractivity contribution < 1.29 is 24.2 Å². The molecule has 1 aromatic carbocycles. The molecule has 1 N–H and O–H groups in total. The standard InChI is InChI=1S/C14H15Cl2NO5/c1-8(22-10-4-2-3-9(15)12(10)16)13(18)17-5-6-21-11(7-17)14(19)20/h2-4,8,11H,5-7H2,1H3,(H,19,20)/t8-,11+/m0/s1. The third-order valence-electron chi connectivity index (χ3n) is 3.22. The molecule has 1 saturated heterocycles. The molecule has 2 atom stereocenters. The van der Waals surface area contributed by atoms with Crippen LogP contribution >= 0.6 is 23.2 Å². The van der Waals surface area contributed by atoms with Crippen LogP contribution in [0.4, 0.5) is 0 Å². The van der Waals surface area contributed by atoms with E-state index in [2.05, 4.69) is 0 Å². The molecule has 0 spiro atoms. The summed E-state index contributed by atoms with van der Waals surface area (Å²) in [5.41, 5.74) is 0. The van der Waals surface area contributed by atoms with Crippen LogP contribution in [0.3, 0.4) is 0 Å². The fourth-order valence-electron chi connectivity index (χ4n) is 2.07. The Morgan fingerprint density at radius 2 is 2.18 bits per heavy atom. The number of carbonyl (C=O) groups is 2. The summed E-state index contributed by atoms with van der Waals surface area (Å²) < 4.78 is 10.6. The van der Waals surface area contributed by atoms with E-state index in [1.807, 2.05) is 0 Å². The number of amides is 1. The minimum atomic E-state index is -1.09. The van der Waals surface area contributed by atoms with Gasteiger partial charge in [0.25, 0.3) is 5.91 Å². The van der Waals surface area contributed by atoms with Crippen molar-refractivity contribution in [3.8, 4) is 5.75 Å². The van der Waals surface area contributed by atoms with Crippen LogP contribution in [-0.4, -0.2) is 53.8 Å². The van der Waals surface area contributed by atoms with E-state index in [1.54, 1.807) is 25.1 Å². The Morgan fingerprint density at radius 3 is 2.86 bits per heavy atom. The molecular weight excluding hydrogens is 333 g/mol. The summed E-state index contributed by atoms with van der Waals surface area (Å²) in [5, 5.41) is 9.51. The molecule has 0 unspecified atom stereocenters. The number of nitrogens with zero attached hydrogens (tertiary/aromatic N) is 1. The number of hydrogen-bond donors (Lipinski definition) is 1. The molecule has 0 saturated carbocycles. The number of ether oxygens (including phenoxy) is 2. The third kappa shape index (κ3) is 3.82. The Bertz CT molecular complexity index is 580. The summed E-state index contributed by atoms with van der Waals surface area (Å²) in [5.74, 6) is -1.12. The monoisotopic (exact) mass is 347 g/mol. The number of carboxylic acid groups (broad SMARTS) is 1. The fourth-order valence-corrected chi connectivity index (χ4v) is 2.41. The highest BCUT2D eigenvalue weighted by atomic mass is 35.5. The number of halogens is 2. The van der Waals surface area contributed by atoms with Crippen molar-refractivity contribution in [1.29, 1.82) is 0 Å². The van der Waals surface area contributed by atoms with Crippen LogP contribution in [-0.2, 0) is 14.3 Å². The summed E-state index contributed by atoms with van der Waals surface area (Å²) in [6, 6.07) is 4.88. The van der Waals surface area contributed by atoms with Gasteiger partial charge in [-0.05, 0) is 19.1 Å². The van der Waals surface area contributed by atoms with Gasteiger partial charge in [0.2, 0.25) is 0 Å². The first-order chi connectivity index (χ1) is 10.4. The maximum absolute atomic E-state index is 12.3. The maximum Gasteiger partial charge on any atom is 0.334 e. The maximum atomic E-state index is 12.3. The molecule has 1 amide bonds. The lowest BCUT2D eigenvalue weighted by molar-refractivity contribution is -0.161. The fraction of sp³-hybridized carbons (Fsp3) is 0.429. The van der Waals surface area contributed by atoms with Gasteiger partial charge in [-0.25, -0.2) is 4.79 Å². The molecule has 8 heteroatoms. The Kier molecular flexibility index (Phi) is 5.50. The van der Waals surface area contributed by atoms with E-state index in [0.29, 0.717) is 17.3 Å². The molecule has 0 aromatic heterocycles. The van der Waals surface area contributed by atoms with Gasteiger partial charge in [0.1, 0.15) is 10.8 Å². The first-order valence-electron chi connectivity index (χ1n) is 6.64. The second kappa shape index (κ2) is 7.17. The van der Waals surface area contributed by atoms with Gasteiger partial charge < -0.3 is 19.5 Å². The predicted octanol–water partition coefficient (Wildman–Crippen LogP) is 2.07. The molecule has 0 bridgehead atoms. The first kappa shape index (κ1) is 16.9. The molecule has 0 aliphatic carbocycles. The van der Waals surface area contributed by atoms with Gasteiger partial charge in [0.05, 0.1) is 18.2 Å². The van der Waals surface area contributed by atoms with E-state index in [9.17, 15) is 9.59 Å². The average molecular weight is 348 g/mol. The number of benzene rings is 1. The van der Waals surface area contributed by atoms with E-state index in [4.69, 9.17) is 37.8 Å². The lowest BCUT2D eigenvalue weighted by atomic mass is 10.2. The minimum absolute atomic E-state index is 0.00879. The Hall–Kier alpha value is -1.50. The van der Waals surface area contributed by atoms with E-state index >= 15 is 0 Å². The highest BCUT2D eigenvalue weighted by Gasteiger charge is 2.31. The first-order valence-corrected chi connectivity index (χ1v) is 7.39. The van der Waals surface area contributed by atoms with Crippen LogP contribution in [0.2, 0.25) is 10.0 Å². The minimum Gasteiger partial charge on any atom is -0.479 e. The average Bonchev–Trinajstić information content (AvgIpc) is 2.51. The van der Waals surface area contributed by atoms with E-state index in [1.165, 1.54) is 4.90 Å². The van der Waals surface area contributed by atoms with Crippen molar-refractivity contribution in [2.45, 2.75) is 19.1 Å². The summed E-state index contributed by atoms with van der Waals surface area (Å²) in [6.07, 6.45) is -1.83. The SMILES string of the molecule is C[C@H](Oc1cccc(Cl)c1Cl)C(=O)N1CCO[C@@H](C(=O)O)C1. The third-order valence-corrected chi connectivity index (χ3v) is 4.02. The van der Waals surface area contributed by atoms with Crippen molar-refractivity contribution in [2.24, 2.45) is 0 Å². The zero-order chi connectivity index (χ0) is 16.3. The second-order valence-electron chi connectivity index (χ2n) is 4.79. The smallest absolute Gasteiger partial charge is 0.334 e. The lowest BCUT2D eigenvalue weighted by Gasteiger charge is -2.32. The molecule has 1 aliphatic rings. The van der Waals surface area contributed by atoms with Crippen LogP contribution in [0, 0.1) is 0 Å². The summed E-state index contributed by atoms with van der Waals surface area (Å²) in [4.78, 5) is 24.7. The molecule has 6 nitrogen and oxygen atoms in total. The summed E-state index contributed by atoms with van der Waals surface area (Å²) in [7, 11) is 0. The van der Waals surface area contributed by atoms with Gasteiger partial charge in [-0.15, -0.1) is 0 Å². The van der Waals surface area contributed by atoms with E-state index in [-0.39, 0.29) is 24.1 Å². The van der Waals surface area contributed by atoms with Gasteiger partial charge in [-0.2, -0.15) is 0 Å². The Morgan fingerprint density at radius 1 is 1.45 bits per heavy atom. The molecular formula is C14H15Cl2NO5. The lowest BCUT2D eigenvalue weighted by Crippen LogP contribution is -2.51. The van der Waals surface area contributed by atoms with Gasteiger partial charge in [-0.1, -0.05) is 29.3 Å². The molecule has 120 valence electrons. The topological polar surface area (TPSA) is 76.1 Å². The molecule has 1 aliphatic heterocycles. The summed E-state index contributed by atoms with van der Waals surface area (Å²) >= 11 is 11.9. The molecule has 0 radical (unpaired) electrons. The number of aliphatic carboxylic acids is 1. The molecule has 2 rings (SSSR count). The van der Waals surface area contributed by atoms with Gasteiger partial charge in [0, 0.05) is 6.54 Å². The van der Waals surface area contributed by atoms with Crippen molar-refractivity contribution in [3.05, 3.63) is 28.2 Å². The quantitative estimate of drug-likeness (QED) is 0.902. The number of rotatable bonds is 4. The van der Waals surface area contributed by atoms with Gasteiger partial charge in [0.15, 0.2) is 12.2 Å². The van der Waals surface area contributed by atoms with Gasteiger partial charge in [-0.3, -0.25) is 4.79 Å². The van der Waals surface area contributed by atoms with Crippen LogP contribution in [0.5, 0.6) is 5.75 Å². The number of carbonyl (C=O) groups excluding carboxylic acids is 1. The van der Waals surface area contributed by atoms with Crippen molar-refractivity contribution in [2.75, 3.05) is 19.7 Å². The van der Waals surface area contributed by atoms with Crippen molar-refractivity contribution in [1.82, 2.24) is 4.90 Å². The molecule has 1 aromatic rings. The number of morpholine rings is 1. The van der Waals surface area contributed by atoms with Crippen molar-refractivity contribution in [3.63, 3.8) is 0 Å². The Balaban J connectivity index is 2.02. The largest absolute Gasteiger partial charge is 0.479 e. The molecule has 1 fully saturated rings. The van der Waals surface area contributed by atoms with Gasteiger partial charge >= 0.3 is 5.97 Å². The van der Waals surface area contributed by atoms with Crippen molar-refractivity contribution >= 4 is 35.1 Å². The Labute approximate surface area is 137 Å². The zero-order valence-corrected chi connectivity index (χ0v) is 13.3. The van der Waals surface area contributed by atoms with E-state index in [0.717, 1.165) is 0 Å². The molecule has 22 heavy (non-hydrogen) atoms.